The van der Waals surface area contributed by atoms with Crippen LogP contribution in [-0.2, 0) is 11.2 Å². The summed E-state index contributed by atoms with van der Waals surface area (Å²) in [4.78, 5) is 13.7. The summed E-state index contributed by atoms with van der Waals surface area (Å²) < 4.78 is 0. The first-order chi connectivity index (χ1) is 8.15. The van der Waals surface area contributed by atoms with Crippen LogP contribution in [0, 0.1) is 0 Å². The third-order valence-corrected chi connectivity index (χ3v) is 3.37. The SMILES string of the molecule is NC1CCN(C(=O)CCc2ccc(Cl)cc2)C1. The summed E-state index contributed by atoms with van der Waals surface area (Å²) in [5, 5.41) is 0.727. The second-order valence-electron chi connectivity index (χ2n) is 4.51. The molecule has 1 fully saturated rings. The number of amides is 1. The van der Waals surface area contributed by atoms with E-state index in [1.165, 1.54) is 0 Å². The molecule has 0 aromatic heterocycles. The van der Waals surface area contributed by atoms with Crippen LogP contribution in [0.2, 0.25) is 5.02 Å². The molecule has 0 saturated carbocycles. The fourth-order valence-electron chi connectivity index (χ4n) is 2.07. The lowest BCUT2D eigenvalue weighted by Crippen LogP contribution is -2.31. The van der Waals surface area contributed by atoms with Gasteiger partial charge in [0.15, 0.2) is 0 Å². The number of benzene rings is 1. The minimum atomic E-state index is 0.162. The summed E-state index contributed by atoms with van der Waals surface area (Å²) in [5.41, 5.74) is 6.92. The number of nitrogens with zero attached hydrogens (tertiary/aromatic N) is 1. The van der Waals surface area contributed by atoms with Crippen LogP contribution in [0.5, 0.6) is 0 Å². The number of likely N-dealkylation sites (tertiary alicyclic amines) is 1. The van der Waals surface area contributed by atoms with E-state index >= 15 is 0 Å². The third-order valence-electron chi connectivity index (χ3n) is 3.12. The zero-order chi connectivity index (χ0) is 12.3. The average molecular weight is 253 g/mol. The second kappa shape index (κ2) is 5.52. The van der Waals surface area contributed by atoms with Gasteiger partial charge in [-0.2, -0.15) is 0 Å². The number of halogens is 1. The summed E-state index contributed by atoms with van der Waals surface area (Å²) in [7, 11) is 0. The van der Waals surface area contributed by atoms with E-state index in [0.29, 0.717) is 13.0 Å². The second-order valence-corrected chi connectivity index (χ2v) is 4.95. The van der Waals surface area contributed by atoms with Crippen LogP contribution in [0.3, 0.4) is 0 Å². The van der Waals surface area contributed by atoms with Gasteiger partial charge in [-0.15, -0.1) is 0 Å². The quantitative estimate of drug-likeness (QED) is 0.892. The fraction of sp³-hybridized carbons (Fsp3) is 0.462. The molecular formula is C13H17ClN2O. The highest BCUT2D eigenvalue weighted by molar-refractivity contribution is 6.30. The molecule has 2 rings (SSSR count). The Labute approximate surface area is 107 Å². The van der Waals surface area contributed by atoms with Gasteiger partial charge in [0.05, 0.1) is 0 Å². The molecule has 1 aromatic carbocycles. The van der Waals surface area contributed by atoms with Crippen LogP contribution in [0.25, 0.3) is 0 Å². The minimum absolute atomic E-state index is 0.162. The van der Waals surface area contributed by atoms with Gasteiger partial charge >= 0.3 is 0 Å². The molecule has 0 radical (unpaired) electrons. The van der Waals surface area contributed by atoms with E-state index in [1.807, 2.05) is 29.2 Å². The van der Waals surface area contributed by atoms with Gasteiger partial charge in [-0.05, 0) is 30.5 Å². The van der Waals surface area contributed by atoms with Crippen molar-refractivity contribution in [2.45, 2.75) is 25.3 Å². The summed E-state index contributed by atoms with van der Waals surface area (Å²) in [6, 6.07) is 7.80. The maximum Gasteiger partial charge on any atom is 0.222 e. The summed E-state index contributed by atoms with van der Waals surface area (Å²) in [6.45, 7) is 1.51. The summed E-state index contributed by atoms with van der Waals surface area (Å²) in [6.07, 6.45) is 2.24. The smallest absolute Gasteiger partial charge is 0.222 e. The van der Waals surface area contributed by atoms with Gasteiger partial charge in [0.1, 0.15) is 0 Å². The molecule has 0 bridgehead atoms. The van der Waals surface area contributed by atoms with Crippen LogP contribution in [0.4, 0.5) is 0 Å². The number of carbonyl (C=O) groups is 1. The van der Waals surface area contributed by atoms with Crippen LogP contribution >= 0.6 is 11.6 Å². The standard InChI is InChI=1S/C13H17ClN2O/c14-11-4-1-10(2-5-11)3-6-13(17)16-8-7-12(15)9-16/h1-2,4-5,12H,3,6-9,15H2. The molecule has 1 unspecified atom stereocenters. The Hall–Kier alpha value is -1.06. The molecule has 1 aliphatic heterocycles. The van der Waals surface area contributed by atoms with Gasteiger partial charge in [0, 0.05) is 30.6 Å². The van der Waals surface area contributed by atoms with E-state index in [1.54, 1.807) is 0 Å². The Morgan fingerprint density at radius 2 is 2.12 bits per heavy atom. The van der Waals surface area contributed by atoms with Crippen LogP contribution in [-0.4, -0.2) is 29.9 Å². The molecule has 17 heavy (non-hydrogen) atoms. The number of rotatable bonds is 3. The number of hydrogen-bond acceptors (Lipinski definition) is 2. The van der Waals surface area contributed by atoms with Gasteiger partial charge in [0.25, 0.3) is 0 Å². The Bertz CT molecular complexity index is 391. The molecule has 3 nitrogen and oxygen atoms in total. The zero-order valence-electron chi connectivity index (χ0n) is 9.73. The van der Waals surface area contributed by atoms with E-state index in [9.17, 15) is 4.79 Å². The van der Waals surface area contributed by atoms with Crippen molar-refractivity contribution in [3.8, 4) is 0 Å². The predicted octanol–water partition coefficient (Wildman–Crippen LogP) is 1.83. The van der Waals surface area contributed by atoms with Gasteiger partial charge < -0.3 is 10.6 Å². The third kappa shape index (κ3) is 3.45. The van der Waals surface area contributed by atoms with Crippen molar-refractivity contribution in [2.75, 3.05) is 13.1 Å². The Balaban J connectivity index is 1.82. The van der Waals surface area contributed by atoms with Gasteiger partial charge in [-0.25, -0.2) is 0 Å². The van der Waals surface area contributed by atoms with E-state index in [-0.39, 0.29) is 11.9 Å². The van der Waals surface area contributed by atoms with Gasteiger partial charge in [-0.3, -0.25) is 4.79 Å². The molecule has 0 spiro atoms. The maximum atomic E-state index is 11.9. The van der Waals surface area contributed by atoms with Crippen LogP contribution in [0.1, 0.15) is 18.4 Å². The molecule has 2 N–H and O–H groups in total. The Morgan fingerprint density at radius 3 is 2.71 bits per heavy atom. The van der Waals surface area contributed by atoms with E-state index < -0.39 is 0 Å². The van der Waals surface area contributed by atoms with Crippen molar-refractivity contribution in [1.29, 1.82) is 0 Å². The van der Waals surface area contributed by atoms with Gasteiger partial charge in [0.2, 0.25) is 5.91 Å². The number of hydrogen-bond donors (Lipinski definition) is 1. The molecule has 1 aliphatic rings. The molecule has 0 aliphatic carbocycles. The highest BCUT2D eigenvalue weighted by Gasteiger charge is 2.22. The Morgan fingerprint density at radius 1 is 1.41 bits per heavy atom. The molecule has 92 valence electrons. The van der Waals surface area contributed by atoms with Crippen LogP contribution in [0.15, 0.2) is 24.3 Å². The largest absolute Gasteiger partial charge is 0.341 e. The highest BCUT2D eigenvalue weighted by atomic mass is 35.5. The first-order valence-electron chi connectivity index (χ1n) is 5.93. The predicted molar refractivity (Wildman–Crippen MR) is 68.9 cm³/mol. The van der Waals surface area contributed by atoms with Crippen molar-refractivity contribution in [3.05, 3.63) is 34.9 Å². The van der Waals surface area contributed by atoms with Crippen molar-refractivity contribution < 1.29 is 4.79 Å². The van der Waals surface area contributed by atoms with E-state index in [2.05, 4.69) is 0 Å². The highest BCUT2D eigenvalue weighted by Crippen LogP contribution is 2.13. The molecule has 1 atom stereocenters. The van der Waals surface area contributed by atoms with Gasteiger partial charge in [-0.1, -0.05) is 23.7 Å². The monoisotopic (exact) mass is 252 g/mol. The maximum absolute atomic E-state index is 11.9. The lowest BCUT2D eigenvalue weighted by atomic mass is 10.1. The topological polar surface area (TPSA) is 46.3 Å². The number of aryl methyl sites for hydroxylation is 1. The first-order valence-corrected chi connectivity index (χ1v) is 6.31. The molecular weight excluding hydrogens is 236 g/mol. The fourth-order valence-corrected chi connectivity index (χ4v) is 2.20. The molecule has 1 heterocycles. The zero-order valence-corrected chi connectivity index (χ0v) is 10.5. The first kappa shape index (κ1) is 12.4. The minimum Gasteiger partial charge on any atom is -0.341 e. The van der Waals surface area contributed by atoms with E-state index in [4.69, 9.17) is 17.3 Å². The number of carbonyl (C=O) groups excluding carboxylic acids is 1. The molecule has 1 amide bonds. The van der Waals surface area contributed by atoms with Crippen molar-refractivity contribution in [3.63, 3.8) is 0 Å². The Kier molecular flexibility index (Phi) is 4.02. The lowest BCUT2D eigenvalue weighted by molar-refractivity contribution is -0.130. The molecule has 1 aromatic rings. The van der Waals surface area contributed by atoms with Crippen LogP contribution < -0.4 is 5.73 Å². The average Bonchev–Trinajstić information content (AvgIpc) is 2.75. The summed E-state index contributed by atoms with van der Waals surface area (Å²) >= 11 is 5.80. The normalized spacial score (nSPS) is 19.6. The van der Waals surface area contributed by atoms with E-state index in [0.717, 1.165) is 30.0 Å². The van der Waals surface area contributed by atoms with Crippen molar-refractivity contribution >= 4 is 17.5 Å². The van der Waals surface area contributed by atoms with Crippen molar-refractivity contribution in [2.24, 2.45) is 5.73 Å². The van der Waals surface area contributed by atoms with Crippen molar-refractivity contribution in [1.82, 2.24) is 4.90 Å². The summed E-state index contributed by atoms with van der Waals surface area (Å²) in [5.74, 6) is 0.202. The number of nitrogens with two attached hydrogens (primary N) is 1. The lowest BCUT2D eigenvalue weighted by Gasteiger charge is -2.15. The molecule has 4 heteroatoms. The molecule has 1 saturated heterocycles.